The molecule has 4 heteroatoms. The van der Waals surface area contributed by atoms with Crippen LogP contribution in [0.5, 0.6) is 0 Å². The first-order valence-corrected chi connectivity index (χ1v) is 7.48. The van der Waals surface area contributed by atoms with Crippen LogP contribution in [0, 0.1) is 11.3 Å². The van der Waals surface area contributed by atoms with Crippen molar-refractivity contribution in [3.8, 4) is 0 Å². The predicted octanol–water partition coefficient (Wildman–Crippen LogP) is 2.77. The Morgan fingerprint density at radius 2 is 1.78 bits per heavy atom. The van der Waals surface area contributed by atoms with Gasteiger partial charge >= 0.3 is 0 Å². The Balaban J connectivity index is 2.65. The first kappa shape index (κ1) is 15.4. The smallest absolute Gasteiger partial charge is 0.233 e. The Kier molecular flexibility index (Phi) is 5.57. The van der Waals surface area contributed by atoms with Crippen LogP contribution in [0.2, 0.25) is 0 Å². The summed E-state index contributed by atoms with van der Waals surface area (Å²) in [6.45, 7) is 6.23. The average Bonchev–Trinajstić information content (AvgIpc) is 2.34. The topological polar surface area (TPSA) is 55.1 Å². The molecule has 104 valence electrons. The Hall–Kier alpha value is -0.640. The van der Waals surface area contributed by atoms with Crippen LogP contribution in [0.4, 0.5) is 0 Å². The van der Waals surface area contributed by atoms with Crippen LogP contribution < -0.4 is 11.1 Å². The molecular formula is C14H26N2OS. The fourth-order valence-corrected chi connectivity index (χ4v) is 3.14. The molecule has 0 atom stereocenters. The van der Waals surface area contributed by atoms with Gasteiger partial charge in [0.1, 0.15) is 0 Å². The SMILES string of the molecule is CCC(CC)(C(=O)NC1CCC(C)CC1)C(N)=S. The number of nitrogens with one attached hydrogen (secondary N) is 1. The van der Waals surface area contributed by atoms with Crippen molar-refractivity contribution in [1.29, 1.82) is 0 Å². The average molecular weight is 270 g/mol. The fraction of sp³-hybridized carbons (Fsp3) is 0.857. The number of carbonyl (C=O) groups excluding carboxylic acids is 1. The Morgan fingerprint density at radius 1 is 1.28 bits per heavy atom. The van der Waals surface area contributed by atoms with Crippen LogP contribution in [-0.2, 0) is 4.79 Å². The maximum Gasteiger partial charge on any atom is 0.233 e. The molecule has 1 aliphatic carbocycles. The third kappa shape index (κ3) is 3.22. The highest BCUT2D eigenvalue weighted by molar-refractivity contribution is 7.80. The summed E-state index contributed by atoms with van der Waals surface area (Å²) in [7, 11) is 0. The lowest BCUT2D eigenvalue weighted by molar-refractivity contribution is -0.128. The van der Waals surface area contributed by atoms with Gasteiger partial charge in [0.15, 0.2) is 0 Å². The molecule has 0 unspecified atom stereocenters. The third-order valence-corrected chi connectivity index (χ3v) is 4.86. The number of rotatable bonds is 5. The molecule has 1 aliphatic rings. The van der Waals surface area contributed by atoms with Gasteiger partial charge in [0.2, 0.25) is 5.91 Å². The van der Waals surface area contributed by atoms with E-state index in [-0.39, 0.29) is 5.91 Å². The second-order valence-corrected chi connectivity index (χ2v) is 6.02. The van der Waals surface area contributed by atoms with Crippen molar-refractivity contribution in [2.24, 2.45) is 17.1 Å². The monoisotopic (exact) mass is 270 g/mol. The summed E-state index contributed by atoms with van der Waals surface area (Å²) in [5.74, 6) is 0.815. The molecule has 0 aromatic rings. The largest absolute Gasteiger partial charge is 0.392 e. The molecule has 0 saturated heterocycles. The second-order valence-electron chi connectivity index (χ2n) is 5.58. The number of hydrogen-bond acceptors (Lipinski definition) is 2. The Morgan fingerprint density at radius 3 is 2.17 bits per heavy atom. The van der Waals surface area contributed by atoms with E-state index in [2.05, 4.69) is 12.2 Å². The van der Waals surface area contributed by atoms with Crippen molar-refractivity contribution in [2.45, 2.75) is 65.3 Å². The molecule has 1 rings (SSSR count). The van der Waals surface area contributed by atoms with Crippen LogP contribution >= 0.6 is 12.2 Å². The van der Waals surface area contributed by atoms with Crippen LogP contribution in [0.15, 0.2) is 0 Å². The van der Waals surface area contributed by atoms with Crippen LogP contribution in [0.25, 0.3) is 0 Å². The molecule has 0 aromatic heterocycles. The summed E-state index contributed by atoms with van der Waals surface area (Å²) >= 11 is 5.11. The van der Waals surface area contributed by atoms with Gasteiger partial charge in [-0.25, -0.2) is 0 Å². The maximum absolute atomic E-state index is 12.4. The minimum Gasteiger partial charge on any atom is -0.392 e. The highest BCUT2D eigenvalue weighted by Crippen LogP contribution is 2.29. The van der Waals surface area contributed by atoms with Crippen molar-refractivity contribution in [1.82, 2.24) is 5.32 Å². The molecule has 3 N–H and O–H groups in total. The standard InChI is InChI=1S/C14H26N2OS/c1-4-14(5-2,12(15)18)13(17)16-11-8-6-10(3)7-9-11/h10-11H,4-9H2,1-3H3,(H2,15,18)(H,16,17). The predicted molar refractivity (Wildman–Crippen MR) is 79.4 cm³/mol. The first-order valence-electron chi connectivity index (χ1n) is 7.07. The zero-order chi connectivity index (χ0) is 13.8. The molecule has 0 heterocycles. The minimum atomic E-state index is -0.654. The zero-order valence-corrected chi connectivity index (χ0v) is 12.6. The van der Waals surface area contributed by atoms with Gasteiger partial charge in [-0.2, -0.15) is 0 Å². The van der Waals surface area contributed by atoms with Gasteiger partial charge in [-0.3, -0.25) is 4.79 Å². The van der Waals surface area contributed by atoms with Crippen molar-refractivity contribution in [3.63, 3.8) is 0 Å². The highest BCUT2D eigenvalue weighted by atomic mass is 32.1. The van der Waals surface area contributed by atoms with Gasteiger partial charge in [-0.05, 0) is 44.4 Å². The Bertz CT molecular complexity index is 305. The molecule has 1 fully saturated rings. The highest BCUT2D eigenvalue weighted by Gasteiger charge is 2.39. The van der Waals surface area contributed by atoms with Crippen molar-refractivity contribution in [2.75, 3.05) is 0 Å². The van der Waals surface area contributed by atoms with Gasteiger partial charge in [0, 0.05) is 6.04 Å². The molecule has 0 radical (unpaired) electrons. The number of hydrogen-bond donors (Lipinski definition) is 2. The first-order chi connectivity index (χ1) is 8.46. The summed E-state index contributed by atoms with van der Waals surface area (Å²) in [6, 6.07) is 0.306. The van der Waals surface area contributed by atoms with Gasteiger partial charge in [-0.15, -0.1) is 0 Å². The summed E-state index contributed by atoms with van der Waals surface area (Å²) in [5.41, 5.74) is 5.14. The molecule has 0 bridgehead atoms. The zero-order valence-electron chi connectivity index (χ0n) is 11.8. The van der Waals surface area contributed by atoms with E-state index < -0.39 is 5.41 Å². The molecule has 1 amide bonds. The fourth-order valence-electron chi connectivity index (χ4n) is 2.76. The summed E-state index contributed by atoms with van der Waals surface area (Å²) < 4.78 is 0. The normalized spacial score (nSPS) is 24.6. The lowest BCUT2D eigenvalue weighted by atomic mass is 9.80. The second kappa shape index (κ2) is 6.50. The lowest BCUT2D eigenvalue weighted by Crippen LogP contribution is -2.51. The molecule has 18 heavy (non-hydrogen) atoms. The van der Waals surface area contributed by atoms with Crippen LogP contribution in [0.1, 0.15) is 59.3 Å². The molecular weight excluding hydrogens is 244 g/mol. The van der Waals surface area contributed by atoms with E-state index in [1.807, 2.05) is 13.8 Å². The van der Waals surface area contributed by atoms with E-state index in [0.717, 1.165) is 18.8 Å². The van der Waals surface area contributed by atoms with Crippen molar-refractivity contribution in [3.05, 3.63) is 0 Å². The molecule has 1 saturated carbocycles. The van der Waals surface area contributed by atoms with Gasteiger partial charge in [-0.1, -0.05) is 33.0 Å². The third-order valence-electron chi connectivity index (χ3n) is 4.46. The number of amides is 1. The molecule has 0 spiro atoms. The lowest BCUT2D eigenvalue weighted by Gasteiger charge is -2.33. The van der Waals surface area contributed by atoms with Gasteiger partial charge in [0.25, 0.3) is 0 Å². The van der Waals surface area contributed by atoms with E-state index in [1.54, 1.807) is 0 Å². The maximum atomic E-state index is 12.4. The van der Waals surface area contributed by atoms with Crippen molar-refractivity contribution < 1.29 is 4.79 Å². The molecule has 0 aliphatic heterocycles. The number of carbonyl (C=O) groups is 1. The quantitative estimate of drug-likeness (QED) is 0.755. The van der Waals surface area contributed by atoms with Crippen LogP contribution in [-0.4, -0.2) is 16.9 Å². The van der Waals surface area contributed by atoms with Gasteiger partial charge in [0.05, 0.1) is 10.4 Å². The summed E-state index contributed by atoms with van der Waals surface area (Å²) in [4.78, 5) is 12.8. The summed E-state index contributed by atoms with van der Waals surface area (Å²) in [6.07, 6.45) is 5.90. The summed E-state index contributed by atoms with van der Waals surface area (Å²) in [5, 5.41) is 3.16. The van der Waals surface area contributed by atoms with Gasteiger partial charge < -0.3 is 11.1 Å². The van der Waals surface area contributed by atoms with E-state index >= 15 is 0 Å². The van der Waals surface area contributed by atoms with E-state index in [4.69, 9.17) is 18.0 Å². The number of thiocarbonyl (C=S) groups is 1. The molecule has 3 nitrogen and oxygen atoms in total. The van der Waals surface area contributed by atoms with Crippen molar-refractivity contribution >= 4 is 23.1 Å². The van der Waals surface area contributed by atoms with E-state index in [1.165, 1.54) is 12.8 Å². The van der Waals surface area contributed by atoms with Crippen LogP contribution in [0.3, 0.4) is 0 Å². The van der Waals surface area contributed by atoms with E-state index in [9.17, 15) is 4.79 Å². The van der Waals surface area contributed by atoms with E-state index in [0.29, 0.717) is 23.9 Å². The number of nitrogens with two attached hydrogens (primary N) is 1. The minimum absolute atomic E-state index is 0.0274. The Labute approximate surface area is 116 Å². The molecule has 0 aromatic carbocycles.